The first-order valence-corrected chi connectivity index (χ1v) is 6.66. The smallest absolute Gasteiger partial charge is 0.253 e. The van der Waals surface area contributed by atoms with Gasteiger partial charge in [-0.25, -0.2) is 4.39 Å². The number of hydrogen-bond donors (Lipinski definition) is 1. The van der Waals surface area contributed by atoms with Gasteiger partial charge in [-0.2, -0.15) is 0 Å². The Hall–Kier alpha value is -0.940. The van der Waals surface area contributed by atoms with Crippen LogP contribution in [0.25, 0.3) is 0 Å². The lowest BCUT2D eigenvalue weighted by atomic mass is 10.0. The Labute approximate surface area is 114 Å². The van der Waals surface area contributed by atoms with Gasteiger partial charge in [0.2, 0.25) is 0 Å². The predicted octanol–water partition coefficient (Wildman–Crippen LogP) is 3.26. The normalized spacial score (nSPS) is 23.1. The number of carbonyl (C=O) groups is 1. The molecular formula is C13H15BrFNO2. The van der Waals surface area contributed by atoms with Crippen LogP contribution < -0.4 is 5.32 Å². The van der Waals surface area contributed by atoms with Gasteiger partial charge in [-0.05, 0) is 52.9 Å². The topological polar surface area (TPSA) is 38.3 Å². The van der Waals surface area contributed by atoms with Crippen LogP contribution in [0.2, 0.25) is 0 Å². The molecule has 1 fully saturated rings. The van der Waals surface area contributed by atoms with Crippen LogP contribution in [0.1, 0.15) is 18.9 Å². The molecule has 0 spiro atoms. The lowest BCUT2D eigenvalue weighted by Gasteiger charge is -2.16. The molecule has 0 aromatic heterocycles. The van der Waals surface area contributed by atoms with E-state index in [0.717, 1.165) is 12.0 Å². The molecule has 1 heterocycles. The molecule has 0 aliphatic carbocycles. The van der Waals surface area contributed by atoms with Crippen molar-refractivity contribution in [3.05, 3.63) is 28.0 Å². The summed E-state index contributed by atoms with van der Waals surface area (Å²) in [6.07, 6.45) is 0.447. The van der Waals surface area contributed by atoms with Crippen molar-refractivity contribution in [2.45, 2.75) is 26.4 Å². The molecule has 3 nitrogen and oxygen atoms in total. The average Bonchev–Trinajstić information content (AvgIpc) is 2.72. The first-order chi connectivity index (χ1) is 8.49. The van der Waals surface area contributed by atoms with Crippen molar-refractivity contribution >= 4 is 27.5 Å². The largest absolute Gasteiger partial charge is 0.368 e. The third-order valence-electron chi connectivity index (χ3n) is 3.17. The van der Waals surface area contributed by atoms with E-state index >= 15 is 0 Å². The quantitative estimate of drug-likeness (QED) is 0.909. The van der Waals surface area contributed by atoms with Crippen LogP contribution >= 0.6 is 15.9 Å². The van der Waals surface area contributed by atoms with Crippen molar-refractivity contribution < 1.29 is 13.9 Å². The molecule has 0 bridgehead atoms. The van der Waals surface area contributed by atoms with Crippen molar-refractivity contribution in [3.8, 4) is 0 Å². The van der Waals surface area contributed by atoms with Gasteiger partial charge < -0.3 is 10.1 Å². The number of hydrogen-bond acceptors (Lipinski definition) is 2. The Morgan fingerprint density at radius 2 is 2.28 bits per heavy atom. The molecule has 2 unspecified atom stereocenters. The summed E-state index contributed by atoms with van der Waals surface area (Å²) in [6, 6.07) is 2.96. The number of nitrogens with one attached hydrogen (secondary N) is 1. The second-order valence-electron chi connectivity index (χ2n) is 4.63. The number of anilines is 1. The molecule has 2 atom stereocenters. The highest BCUT2D eigenvalue weighted by Crippen LogP contribution is 2.26. The van der Waals surface area contributed by atoms with Crippen LogP contribution in [0.3, 0.4) is 0 Å². The van der Waals surface area contributed by atoms with Crippen molar-refractivity contribution in [3.63, 3.8) is 0 Å². The van der Waals surface area contributed by atoms with Gasteiger partial charge in [0, 0.05) is 12.3 Å². The first kappa shape index (κ1) is 13.5. The lowest BCUT2D eigenvalue weighted by Crippen LogP contribution is -2.31. The first-order valence-electron chi connectivity index (χ1n) is 5.87. The summed E-state index contributed by atoms with van der Waals surface area (Å²) in [4.78, 5) is 12.0. The Balaban J connectivity index is 2.14. The molecular weight excluding hydrogens is 301 g/mol. The number of halogens is 2. The zero-order valence-electron chi connectivity index (χ0n) is 10.3. The molecule has 1 aliphatic rings. The molecule has 1 aromatic rings. The average molecular weight is 316 g/mol. The third kappa shape index (κ3) is 2.72. The van der Waals surface area contributed by atoms with Crippen molar-refractivity contribution in [2.75, 3.05) is 11.9 Å². The highest BCUT2D eigenvalue weighted by Gasteiger charge is 2.31. The summed E-state index contributed by atoms with van der Waals surface area (Å²) in [5.74, 6) is -0.397. The summed E-state index contributed by atoms with van der Waals surface area (Å²) in [5, 5.41) is 2.73. The molecule has 5 heteroatoms. The van der Waals surface area contributed by atoms with Gasteiger partial charge in [-0.15, -0.1) is 0 Å². The molecule has 98 valence electrons. The molecule has 1 aromatic carbocycles. The summed E-state index contributed by atoms with van der Waals surface area (Å²) in [7, 11) is 0. The van der Waals surface area contributed by atoms with Crippen LogP contribution in [0.4, 0.5) is 10.1 Å². The molecule has 1 saturated heterocycles. The maximum absolute atomic E-state index is 13.4. The highest BCUT2D eigenvalue weighted by atomic mass is 79.9. The van der Waals surface area contributed by atoms with Gasteiger partial charge in [0.15, 0.2) is 0 Å². The molecule has 1 aliphatic heterocycles. The standard InChI is InChI=1S/C13H15BrFNO2/c1-7-3-4-18-12(7)13(17)16-11-6-10(15)9(14)5-8(11)2/h5-7,12H,3-4H2,1-2H3,(H,16,17). The second-order valence-corrected chi connectivity index (χ2v) is 5.48. The predicted molar refractivity (Wildman–Crippen MR) is 71.0 cm³/mol. The van der Waals surface area contributed by atoms with Crippen LogP contribution in [-0.2, 0) is 9.53 Å². The summed E-state index contributed by atoms with van der Waals surface area (Å²) < 4.78 is 19.2. The summed E-state index contributed by atoms with van der Waals surface area (Å²) in [6.45, 7) is 4.40. The minimum absolute atomic E-state index is 0.200. The Bertz CT molecular complexity index is 478. The minimum atomic E-state index is -0.434. The van der Waals surface area contributed by atoms with Crippen LogP contribution in [0.15, 0.2) is 16.6 Å². The summed E-state index contributed by atoms with van der Waals surface area (Å²) in [5.41, 5.74) is 1.30. The van der Waals surface area contributed by atoms with Gasteiger partial charge in [0.25, 0.3) is 5.91 Å². The van der Waals surface area contributed by atoms with Gasteiger partial charge in [-0.1, -0.05) is 6.92 Å². The molecule has 0 radical (unpaired) electrons. The van der Waals surface area contributed by atoms with Gasteiger partial charge >= 0.3 is 0 Å². The van der Waals surface area contributed by atoms with Crippen LogP contribution in [-0.4, -0.2) is 18.6 Å². The molecule has 0 saturated carbocycles. The van der Waals surface area contributed by atoms with Crippen LogP contribution in [0.5, 0.6) is 0 Å². The fraction of sp³-hybridized carbons (Fsp3) is 0.462. The SMILES string of the molecule is Cc1cc(Br)c(F)cc1NC(=O)C1OCCC1C. The number of amides is 1. The number of carbonyl (C=O) groups excluding carboxylic acids is 1. The van der Waals surface area contributed by atoms with E-state index in [-0.39, 0.29) is 11.8 Å². The van der Waals surface area contributed by atoms with E-state index in [9.17, 15) is 9.18 Å². The second kappa shape index (κ2) is 5.36. The van der Waals surface area contributed by atoms with E-state index in [1.807, 2.05) is 13.8 Å². The van der Waals surface area contributed by atoms with E-state index in [0.29, 0.717) is 16.8 Å². The van der Waals surface area contributed by atoms with E-state index in [1.165, 1.54) is 6.07 Å². The maximum Gasteiger partial charge on any atom is 0.253 e. The van der Waals surface area contributed by atoms with Crippen molar-refractivity contribution in [1.29, 1.82) is 0 Å². The Kier molecular flexibility index (Phi) is 4.02. The number of ether oxygens (including phenoxy) is 1. The monoisotopic (exact) mass is 315 g/mol. The van der Waals surface area contributed by atoms with Gasteiger partial charge in [-0.3, -0.25) is 4.79 Å². The zero-order chi connectivity index (χ0) is 13.3. The summed E-state index contributed by atoms with van der Waals surface area (Å²) >= 11 is 3.11. The Morgan fingerprint density at radius 3 is 2.89 bits per heavy atom. The lowest BCUT2D eigenvalue weighted by molar-refractivity contribution is -0.126. The maximum atomic E-state index is 13.4. The highest BCUT2D eigenvalue weighted by molar-refractivity contribution is 9.10. The molecule has 1 amide bonds. The van der Waals surface area contributed by atoms with E-state index in [1.54, 1.807) is 6.07 Å². The Morgan fingerprint density at radius 1 is 1.56 bits per heavy atom. The van der Waals surface area contributed by atoms with Crippen LogP contribution in [0, 0.1) is 18.7 Å². The fourth-order valence-corrected chi connectivity index (χ4v) is 2.47. The zero-order valence-corrected chi connectivity index (χ0v) is 11.9. The molecule has 2 rings (SSSR count). The van der Waals surface area contributed by atoms with Crippen molar-refractivity contribution in [1.82, 2.24) is 0 Å². The van der Waals surface area contributed by atoms with E-state index in [4.69, 9.17) is 4.74 Å². The van der Waals surface area contributed by atoms with Gasteiger partial charge in [0.1, 0.15) is 11.9 Å². The molecule has 1 N–H and O–H groups in total. The number of aryl methyl sites for hydroxylation is 1. The van der Waals surface area contributed by atoms with E-state index in [2.05, 4.69) is 21.2 Å². The minimum Gasteiger partial charge on any atom is -0.368 e. The fourth-order valence-electron chi connectivity index (χ4n) is 2.02. The number of benzene rings is 1. The van der Waals surface area contributed by atoms with Gasteiger partial charge in [0.05, 0.1) is 4.47 Å². The third-order valence-corrected chi connectivity index (χ3v) is 3.78. The van der Waals surface area contributed by atoms with Crippen molar-refractivity contribution in [2.24, 2.45) is 5.92 Å². The number of rotatable bonds is 2. The molecule has 18 heavy (non-hydrogen) atoms. The van der Waals surface area contributed by atoms with E-state index < -0.39 is 11.9 Å².